The van der Waals surface area contributed by atoms with Crippen LogP contribution in [0, 0.1) is 5.92 Å². The molecule has 6 rings (SSSR count). The predicted octanol–water partition coefficient (Wildman–Crippen LogP) is 3.90. The fraction of sp³-hybridized carbons (Fsp3) is 0.600. The van der Waals surface area contributed by atoms with Crippen molar-refractivity contribution in [3.05, 3.63) is 35.7 Å². The number of aromatic nitrogens is 3. The van der Waals surface area contributed by atoms with Crippen LogP contribution in [0.4, 0.5) is 14.6 Å². The second-order valence-corrected chi connectivity index (χ2v) is 10.4. The molecular formula is C25H32F2N6O. The lowest BCUT2D eigenvalue weighted by molar-refractivity contribution is -0.0494. The Bertz CT molecular complexity index is 1110. The molecule has 9 heteroatoms. The average molecular weight is 471 g/mol. The second kappa shape index (κ2) is 8.30. The molecule has 7 nitrogen and oxygen atoms in total. The monoisotopic (exact) mass is 470 g/mol. The van der Waals surface area contributed by atoms with E-state index in [9.17, 15) is 8.78 Å². The van der Waals surface area contributed by atoms with E-state index in [0.29, 0.717) is 29.1 Å². The Kier molecular flexibility index (Phi) is 5.37. The highest BCUT2D eigenvalue weighted by Gasteiger charge is 2.53. The van der Waals surface area contributed by atoms with Gasteiger partial charge in [-0.05, 0) is 57.7 Å². The quantitative estimate of drug-likeness (QED) is 0.646. The van der Waals surface area contributed by atoms with Crippen molar-refractivity contribution in [2.45, 2.75) is 63.8 Å². The Balaban J connectivity index is 1.22. The van der Waals surface area contributed by atoms with Crippen molar-refractivity contribution < 1.29 is 13.5 Å². The summed E-state index contributed by atoms with van der Waals surface area (Å²) in [6, 6.07) is 5.07. The summed E-state index contributed by atoms with van der Waals surface area (Å²) in [5.41, 5.74) is 9.76. The Hall–Kier alpha value is -2.52. The number of hydrogen-bond acceptors (Lipinski definition) is 6. The van der Waals surface area contributed by atoms with E-state index in [2.05, 4.69) is 50.2 Å². The molecule has 1 unspecified atom stereocenters. The fourth-order valence-corrected chi connectivity index (χ4v) is 6.32. The first-order valence-corrected chi connectivity index (χ1v) is 12.4. The summed E-state index contributed by atoms with van der Waals surface area (Å²) < 4.78 is 32.1. The van der Waals surface area contributed by atoms with Crippen molar-refractivity contribution in [3.63, 3.8) is 0 Å². The third-order valence-corrected chi connectivity index (χ3v) is 8.01. The van der Waals surface area contributed by atoms with Gasteiger partial charge < -0.3 is 10.5 Å². The van der Waals surface area contributed by atoms with E-state index in [0.717, 1.165) is 6.04 Å². The molecule has 0 radical (unpaired) electrons. The third kappa shape index (κ3) is 3.79. The SMILES string of the molecule is CC(C)n1nc(-c2cnc(N)c(OC(F)F)c2)cc1[C@@H]1C2=C[C@@H](N3CCN4CCCC4C3)C[C@H]21. The first-order chi connectivity index (χ1) is 16.4. The Morgan fingerprint density at radius 3 is 2.71 bits per heavy atom. The molecule has 34 heavy (non-hydrogen) atoms. The molecule has 4 atom stereocenters. The Labute approximate surface area is 198 Å². The number of nitrogen functional groups attached to an aromatic ring is 1. The largest absolute Gasteiger partial charge is 0.431 e. The number of piperazine rings is 1. The number of nitrogens with two attached hydrogens (primary N) is 1. The van der Waals surface area contributed by atoms with Crippen molar-refractivity contribution in [2.24, 2.45) is 5.92 Å². The van der Waals surface area contributed by atoms with Crippen molar-refractivity contribution in [1.82, 2.24) is 24.6 Å². The van der Waals surface area contributed by atoms with E-state index < -0.39 is 6.61 Å². The summed E-state index contributed by atoms with van der Waals surface area (Å²) in [5.74, 6) is 0.797. The summed E-state index contributed by atoms with van der Waals surface area (Å²) in [4.78, 5) is 9.40. The van der Waals surface area contributed by atoms with E-state index in [1.807, 2.05) is 0 Å². The van der Waals surface area contributed by atoms with Gasteiger partial charge in [-0.25, -0.2) is 4.98 Å². The van der Waals surface area contributed by atoms with Crippen molar-refractivity contribution in [1.29, 1.82) is 0 Å². The molecular weight excluding hydrogens is 438 g/mol. The van der Waals surface area contributed by atoms with Gasteiger partial charge in [-0.3, -0.25) is 14.5 Å². The number of allylic oxidation sites excluding steroid dienone is 1. The van der Waals surface area contributed by atoms with Gasteiger partial charge in [0.05, 0.1) is 5.69 Å². The number of nitrogens with zero attached hydrogens (tertiary/aromatic N) is 5. The zero-order chi connectivity index (χ0) is 23.6. The summed E-state index contributed by atoms with van der Waals surface area (Å²) >= 11 is 0. The van der Waals surface area contributed by atoms with Crippen LogP contribution in [0.25, 0.3) is 11.3 Å². The predicted molar refractivity (Wildman–Crippen MR) is 126 cm³/mol. The number of fused-ring (bicyclic) bond motifs is 2. The molecule has 2 aromatic rings. The molecule has 2 aromatic heterocycles. The molecule has 182 valence electrons. The normalized spacial score (nSPS) is 28.9. The molecule has 0 bridgehead atoms. The van der Waals surface area contributed by atoms with Crippen LogP contribution in [-0.4, -0.2) is 69.4 Å². The highest BCUT2D eigenvalue weighted by Crippen LogP contribution is 2.61. The van der Waals surface area contributed by atoms with Crippen LogP contribution >= 0.6 is 0 Å². The van der Waals surface area contributed by atoms with Crippen LogP contribution in [0.1, 0.15) is 50.8 Å². The van der Waals surface area contributed by atoms with Gasteiger partial charge in [0.1, 0.15) is 0 Å². The van der Waals surface area contributed by atoms with Crippen molar-refractivity contribution >= 4 is 5.82 Å². The smallest absolute Gasteiger partial charge is 0.387 e. The van der Waals surface area contributed by atoms with Crippen LogP contribution < -0.4 is 10.5 Å². The lowest BCUT2D eigenvalue weighted by Crippen LogP contribution is -2.52. The number of pyridine rings is 1. The minimum Gasteiger partial charge on any atom is -0.431 e. The van der Waals surface area contributed by atoms with Crippen LogP contribution in [0.5, 0.6) is 5.75 Å². The van der Waals surface area contributed by atoms with Gasteiger partial charge in [0.25, 0.3) is 0 Å². The number of rotatable bonds is 6. The van der Waals surface area contributed by atoms with E-state index in [-0.39, 0.29) is 17.6 Å². The molecule has 0 amide bonds. The van der Waals surface area contributed by atoms with Gasteiger partial charge >= 0.3 is 6.61 Å². The van der Waals surface area contributed by atoms with E-state index in [4.69, 9.17) is 10.8 Å². The first-order valence-electron chi connectivity index (χ1n) is 12.4. The molecule has 0 aromatic carbocycles. The fourth-order valence-electron chi connectivity index (χ4n) is 6.32. The standard InChI is InChI=1S/C25H32F2N6O/c1-14(2)33-21(11-20(30-33)15-8-22(34-25(26)27)24(28)29-12-15)23-18-9-17(10-19(18)23)32-7-6-31-5-3-4-16(31)13-32/h8-9,11-12,14,16-17,19,23,25H,3-7,10,13H2,1-2H3,(H2,28,29)/t16?,17-,19-,23-/m1/s1. The topological polar surface area (TPSA) is 72.4 Å². The molecule has 4 aliphatic rings. The van der Waals surface area contributed by atoms with E-state index >= 15 is 0 Å². The minimum atomic E-state index is -2.95. The summed E-state index contributed by atoms with van der Waals surface area (Å²) in [5, 5.41) is 4.81. The van der Waals surface area contributed by atoms with Gasteiger partial charge in [0, 0.05) is 61.1 Å². The number of ether oxygens (including phenoxy) is 1. The van der Waals surface area contributed by atoms with Gasteiger partial charge in [-0.2, -0.15) is 13.9 Å². The maximum Gasteiger partial charge on any atom is 0.387 e. The molecule has 0 spiro atoms. The Morgan fingerprint density at radius 1 is 1.15 bits per heavy atom. The van der Waals surface area contributed by atoms with Gasteiger partial charge in [0.2, 0.25) is 0 Å². The zero-order valence-corrected chi connectivity index (χ0v) is 19.7. The van der Waals surface area contributed by atoms with E-state index in [1.165, 1.54) is 62.8 Å². The van der Waals surface area contributed by atoms with Crippen LogP contribution in [0.15, 0.2) is 30.0 Å². The molecule has 1 saturated carbocycles. The second-order valence-electron chi connectivity index (χ2n) is 10.4. The van der Waals surface area contributed by atoms with Crippen LogP contribution in [0.2, 0.25) is 0 Å². The maximum atomic E-state index is 12.7. The van der Waals surface area contributed by atoms with Crippen molar-refractivity contribution in [3.8, 4) is 17.0 Å². The van der Waals surface area contributed by atoms with Gasteiger partial charge in [0.15, 0.2) is 11.6 Å². The number of hydrogen-bond donors (Lipinski definition) is 1. The summed E-state index contributed by atoms with van der Waals surface area (Å²) in [6.45, 7) is 6.12. The lowest BCUT2D eigenvalue weighted by atomic mass is 10.0. The number of anilines is 1. The molecule has 4 heterocycles. The zero-order valence-electron chi connectivity index (χ0n) is 19.7. The van der Waals surface area contributed by atoms with Crippen molar-refractivity contribution in [2.75, 3.05) is 31.9 Å². The molecule has 3 fully saturated rings. The maximum absolute atomic E-state index is 12.7. The average Bonchev–Trinajstić information content (AvgIpc) is 3.27. The highest BCUT2D eigenvalue weighted by molar-refractivity contribution is 5.65. The van der Waals surface area contributed by atoms with Gasteiger partial charge in [-0.1, -0.05) is 11.6 Å². The van der Waals surface area contributed by atoms with Crippen LogP contribution in [-0.2, 0) is 0 Å². The van der Waals surface area contributed by atoms with E-state index in [1.54, 1.807) is 6.20 Å². The lowest BCUT2D eigenvalue weighted by Gasteiger charge is -2.40. The third-order valence-electron chi connectivity index (χ3n) is 8.01. The first kappa shape index (κ1) is 22.0. The molecule has 2 saturated heterocycles. The molecule has 2 aliphatic carbocycles. The van der Waals surface area contributed by atoms with Crippen LogP contribution in [0.3, 0.4) is 0 Å². The Morgan fingerprint density at radius 2 is 1.97 bits per heavy atom. The summed E-state index contributed by atoms with van der Waals surface area (Å²) in [6.07, 6.45) is 7.94. The highest BCUT2D eigenvalue weighted by atomic mass is 19.3. The minimum absolute atomic E-state index is 0.0566. The number of alkyl halides is 2. The number of halogens is 2. The molecule has 2 aliphatic heterocycles. The molecule has 2 N–H and O–H groups in total. The van der Waals surface area contributed by atoms with Gasteiger partial charge in [-0.15, -0.1) is 0 Å². The summed E-state index contributed by atoms with van der Waals surface area (Å²) in [7, 11) is 0.